The minimum Gasteiger partial charge on any atom is -0.373 e. The molecule has 5 heteroatoms. The molecule has 1 fully saturated rings. The van der Waals surface area contributed by atoms with Gasteiger partial charge >= 0.3 is 0 Å². The zero-order chi connectivity index (χ0) is 15.6. The summed E-state index contributed by atoms with van der Waals surface area (Å²) in [7, 11) is 1.94. The van der Waals surface area contributed by atoms with Crippen LogP contribution in [0.2, 0.25) is 0 Å². The van der Waals surface area contributed by atoms with Crippen LogP contribution in [0, 0.1) is 6.92 Å². The molecule has 2 heterocycles. The predicted octanol–water partition coefficient (Wildman–Crippen LogP) is 3.67. The second kappa shape index (κ2) is 6.42. The van der Waals surface area contributed by atoms with Gasteiger partial charge in [-0.2, -0.15) is 11.8 Å². The first kappa shape index (κ1) is 16.4. The minimum atomic E-state index is 0.342. The molecule has 1 saturated heterocycles. The molecule has 1 N–H and O–H groups in total. The Morgan fingerprint density at radius 3 is 2.57 bits per heavy atom. The van der Waals surface area contributed by atoms with Gasteiger partial charge < -0.3 is 10.2 Å². The summed E-state index contributed by atoms with van der Waals surface area (Å²) in [4.78, 5) is 11.9. The van der Waals surface area contributed by atoms with E-state index >= 15 is 0 Å². The molecule has 118 valence electrons. The van der Waals surface area contributed by atoms with E-state index in [9.17, 15) is 0 Å². The van der Waals surface area contributed by atoms with Crippen LogP contribution in [0.15, 0.2) is 0 Å². The summed E-state index contributed by atoms with van der Waals surface area (Å²) < 4.78 is 0.363. The molecule has 0 spiro atoms. The van der Waals surface area contributed by atoms with Gasteiger partial charge in [0.05, 0.1) is 0 Å². The highest BCUT2D eigenvalue weighted by atomic mass is 32.2. The molecule has 1 aliphatic heterocycles. The van der Waals surface area contributed by atoms with Crippen molar-refractivity contribution in [3.8, 4) is 0 Å². The van der Waals surface area contributed by atoms with Gasteiger partial charge in [-0.25, -0.2) is 9.97 Å². The van der Waals surface area contributed by atoms with Crippen molar-refractivity contribution in [1.82, 2.24) is 9.97 Å². The number of aromatic nitrogens is 2. The van der Waals surface area contributed by atoms with Gasteiger partial charge in [-0.3, -0.25) is 0 Å². The standard InChI is InChI=1S/C16H28N4S/c1-11(2)13-18-14(17-6)12(3)15(19-13)20-8-7-16(4,5)21-10-9-20/h11H,7-10H2,1-6H3,(H,17,18,19). The van der Waals surface area contributed by atoms with Crippen LogP contribution in [0.1, 0.15) is 51.4 Å². The van der Waals surface area contributed by atoms with Crippen LogP contribution in [-0.2, 0) is 0 Å². The molecule has 1 aromatic rings. The number of nitrogens with one attached hydrogen (secondary N) is 1. The number of rotatable bonds is 3. The fourth-order valence-electron chi connectivity index (χ4n) is 2.56. The lowest BCUT2D eigenvalue weighted by atomic mass is 10.1. The largest absolute Gasteiger partial charge is 0.373 e. The minimum absolute atomic E-state index is 0.342. The van der Waals surface area contributed by atoms with Crippen LogP contribution in [0.3, 0.4) is 0 Å². The fourth-order valence-corrected chi connectivity index (χ4v) is 3.66. The Bertz CT molecular complexity index is 499. The van der Waals surface area contributed by atoms with E-state index in [0.29, 0.717) is 10.7 Å². The predicted molar refractivity (Wildman–Crippen MR) is 93.8 cm³/mol. The molecule has 0 bridgehead atoms. The molecular weight excluding hydrogens is 280 g/mol. The van der Waals surface area contributed by atoms with E-state index in [-0.39, 0.29) is 0 Å². The molecule has 0 aliphatic carbocycles. The number of hydrogen-bond donors (Lipinski definition) is 1. The molecule has 4 nitrogen and oxygen atoms in total. The Morgan fingerprint density at radius 1 is 1.24 bits per heavy atom. The number of nitrogens with zero attached hydrogens (tertiary/aromatic N) is 3. The smallest absolute Gasteiger partial charge is 0.137 e. The van der Waals surface area contributed by atoms with Crippen LogP contribution in [0.5, 0.6) is 0 Å². The van der Waals surface area contributed by atoms with E-state index in [2.05, 4.69) is 61.6 Å². The van der Waals surface area contributed by atoms with E-state index in [4.69, 9.17) is 4.98 Å². The van der Waals surface area contributed by atoms with Gasteiger partial charge in [-0.05, 0) is 13.3 Å². The lowest BCUT2D eigenvalue weighted by molar-refractivity contribution is 0.632. The summed E-state index contributed by atoms with van der Waals surface area (Å²) in [6.07, 6.45) is 1.19. The third-order valence-electron chi connectivity index (χ3n) is 4.03. The maximum Gasteiger partial charge on any atom is 0.137 e. The molecule has 0 unspecified atom stereocenters. The van der Waals surface area contributed by atoms with E-state index in [1.165, 1.54) is 6.42 Å². The highest BCUT2D eigenvalue weighted by molar-refractivity contribution is 8.00. The topological polar surface area (TPSA) is 41.1 Å². The van der Waals surface area contributed by atoms with Gasteiger partial charge in [0.1, 0.15) is 17.5 Å². The summed E-state index contributed by atoms with van der Waals surface area (Å²) in [5.74, 6) is 4.49. The summed E-state index contributed by atoms with van der Waals surface area (Å²) in [5.41, 5.74) is 1.16. The first-order valence-corrected chi connectivity index (χ1v) is 8.78. The molecule has 0 aromatic carbocycles. The number of hydrogen-bond acceptors (Lipinski definition) is 5. The van der Waals surface area contributed by atoms with E-state index in [1.54, 1.807) is 0 Å². The van der Waals surface area contributed by atoms with Crippen molar-refractivity contribution in [2.45, 2.75) is 51.7 Å². The zero-order valence-electron chi connectivity index (χ0n) is 14.2. The number of anilines is 2. The molecule has 0 atom stereocenters. The van der Waals surface area contributed by atoms with E-state index in [1.807, 2.05) is 7.05 Å². The zero-order valence-corrected chi connectivity index (χ0v) is 15.0. The summed E-state index contributed by atoms with van der Waals surface area (Å²) in [6, 6.07) is 0. The van der Waals surface area contributed by atoms with Crippen molar-refractivity contribution < 1.29 is 0 Å². The van der Waals surface area contributed by atoms with Gasteiger partial charge in [0, 0.05) is 42.1 Å². The molecule has 0 saturated carbocycles. The van der Waals surface area contributed by atoms with Crippen molar-refractivity contribution in [2.75, 3.05) is 36.1 Å². The second-order valence-electron chi connectivity index (χ2n) is 6.63. The maximum atomic E-state index is 4.86. The average molecular weight is 308 g/mol. The molecule has 1 aliphatic rings. The summed E-state index contributed by atoms with van der Waals surface area (Å²) in [5, 5.41) is 3.22. The quantitative estimate of drug-likeness (QED) is 0.922. The van der Waals surface area contributed by atoms with Crippen LogP contribution < -0.4 is 10.2 Å². The van der Waals surface area contributed by atoms with Crippen molar-refractivity contribution in [1.29, 1.82) is 0 Å². The van der Waals surface area contributed by atoms with Gasteiger partial charge in [0.15, 0.2) is 0 Å². The average Bonchev–Trinajstić information content (AvgIpc) is 2.60. The molecule has 21 heavy (non-hydrogen) atoms. The highest BCUT2D eigenvalue weighted by Gasteiger charge is 2.26. The van der Waals surface area contributed by atoms with Gasteiger partial charge in [-0.1, -0.05) is 27.7 Å². The van der Waals surface area contributed by atoms with Gasteiger partial charge in [0.25, 0.3) is 0 Å². The maximum absolute atomic E-state index is 4.86. The summed E-state index contributed by atoms with van der Waals surface area (Å²) in [6.45, 7) is 13.2. The first-order chi connectivity index (χ1) is 9.84. The second-order valence-corrected chi connectivity index (χ2v) is 8.43. The van der Waals surface area contributed by atoms with Crippen molar-refractivity contribution in [3.63, 3.8) is 0 Å². The Morgan fingerprint density at radius 2 is 1.95 bits per heavy atom. The monoisotopic (exact) mass is 308 g/mol. The Hall–Kier alpha value is -0.970. The van der Waals surface area contributed by atoms with Crippen LogP contribution >= 0.6 is 11.8 Å². The fraction of sp³-hybridized carbons (Fsp3) is 0.750. The van der Waals surface area contributed by atoms with E-state index < -0.39 is 0 Å². The molecule has 2 rings (SSSR count). The molecule has 0 amide bonds. The van der Waals surface area contributed by atoms with Crippen LogP contribution in [0.25, 0.3) is 0 Å². The lowest BCUT2D eigenvalue weighted by Gasteiger charge is -2.26. The lowest BCUT2D eigenvalue weighted by Crippen LogP contribution is -2.29. The first-order valence-electron chi connectivity index (χ1n) is 7.79. The van der Waals surface area contributed by atoms with Crippen molar-refractivity contribution in [2.24, 2.45) is 0 Å². The molecule has 0 radical (unpaired) electrons. The third-order valence-corrected chi connectivity index (χ3v) is 5.40. The highest BCUT2D eigenvalue weighted by Crippen LogP contribution is 2.33. The SMILES string of the molecule is CNc1nc(C(C)C)nc(N2CCSC(C)(C)CC2)c1C. The Balaban J connectivity index is 2.35. The van der Waals surface area contributed by atoms with Crippen molar-refractivity contribution in [3.05, 3.63) is 11.4 Å². The molecule has 1 aromatic heterocycles. The van der Waals surface area contributed by atoms with E-state index in [0.717, 1.165) is 41.9 Å². The Labute approximate surface area is 133 Å². The van der Waals surface area contributed by atoms with Gasteiger partial charge in [0.2, 0.25) is 0 Å². The Kier molecular flexibility index (Phi) is 5.02. The summed E-state index contributed by atoms with van der Waals surface area (Å²) >= 11 is 2.07. The van der Waals surface area contributed by atoms with Gasteiger partial charge in [-0.15, -0.1) is 0 Å². The van der Waals surface area contributed by atoms with Crippen LogP contribution in [-0.4, -0.2) is 40.6 Å². The molecular formula is C16H28N4S. The normalized spacial score (nSPS) is 18.7. The third kappa shape index (κ3) is 3.82. The number of thioether (sulfide) groups is 1. The van der Waals surface area contributed by atoms with Crippen LogP contribution in [0.4, 0.5) is 11.6 Å². The van der Waals surface area contributed by atoms with Crippen molar-refractivity contribution >= 4 is 23.4 Å².